The zero-order chi connectivity index (χ0) is 16.9. The smallest absolute Gasteiger partial charge is 0.410 e. The first kappa shape index (κ1) is 17.3. The number of likely N-dealkylation sites (tertiary alicyclic amines) is 1. The largest absolute Gasteiger partial charge is 0.444 e. The predicted octanol–water partition coefficient (Wildman–Crippen LogP) is 3.57. The van der Waals surface area contributed by atoms with E-state index in [0.717, 1.165) is 15.7 Å². The number of carbonyl (C=O) groups excluding carboxylic acids is 1. The molecule has 23 heavy (non-hydrogen) atoms. The molecule has 0 aliphatic carbocycles. The lowest BCUT2D eigenvalue weighted by molar-refractivity contribution is 0.0101. The van der Waals surface area contributed by atoms with Gasteiger partial charge in [-0.05, 0) is 77.7 Å². The van der Waals surface area contributed by atoms with Crippen LogP contribution in [0.1, 0.15) is 38.8 Å². The fourth-order valence-corrected chi connectivity index (χ4v) is 4.30. The molecule has 2 aliphatic heterocycles. The Labute approximate surface area is 157 Å². The predicted molar refractivity (Wildman–Crippen MR) is 99.8 cm³/mol. The van der Waals surface area contributed by atoms with Gasteiger partial charge in [0.15, 0.2) is 0 Å². The van der Waals surface area contributed by atoms with Gasteiger partial charge in [0, 0.05) is 34.8 Å². The van der Waals surface area contributed by atoms with Crippen molar-refractivity contribution in [1.82, 2.24) is 9.47 Å². The molecule has 0 aromatic carbocycles. The molecule has 0 radical (unpaired) electrons. The van der Waals surface area contributed by atoms with Crippen molar-refractivity contribution in [3.8, 4) is 0 Å². The SMILES string of the molecule is CC(C)(C)OC(=O)N1CC2CC(C1)c1cc(I)c(Br)c(=O)n1C2. The molecule has 1 amide bonds. The summed E-state index contributed by atoms with van der Waals surface area (Å²) in [5, 5.41) is 0. The van der Waals surface area contributed by atoms with Crippen molar-refractivity contribution in [2.24, 2.45) is 5.92 Å². The van der Waals surface area contributed by atoms with E-state index in [9.17, 15) is 9.59 Å². The Bertz CT molecular complexity index is 711. The first-order chi connectivity index (χ1) is 10.7. The van der Waals surface area contributed by atoms with Gasteiger partial charge in [-0.1, -0.05) is 0 Å². The van der Waals surface area contributed by atoms with Gasteiger partial charge in [0.05, 0.1) is 4.47 Å². The van der Waals surface area contributed by atoms with Crippen LogP contribution in [0.4, 0.5) is 4.79 Å². The van der Waals surface area contributed by atoms with E-state index in [1.54, 1.807) is 4.90 Å². The standard InChI is InChI=1S/C16H20BrIN2O3/c1-16(2,3)23-15(22)19-6-9-4-10(8-19)12-5-11(18)13(17)14(21)20(12)7-9/h5,9-10H,4,6-8H2,1-3H3. The van der Waals surface area contributed by atoms with Crippen molar-refractivity contribution in [2.45, 2.75) is 45.3 Å². The zero-order valence-electron chi connectivity index (χ0n) is 13.4. The van der Waals surface area contributed by atoms with E-state index < -0.39 is 5.60 Å². The molecule has 1 aromatic heterocycles. The number of hydrogen-bond donors (Lipinski definition) is 0. The highest BCUT2D eigenvalue weighted by atomic mass is 127. The molecule has 5 nitrogen and oxygen atoms in total. The summed E-state index contributed by atoms with van der Waals surface area (Å²) in [7, 11) is 0. The Balaban J connectivity index is 1.89. The fourth-order valence-electron chi connectivity index (χ4n) is 3.42. The minimum atomic E-state index is -0.487. The number of ether oxygens (including phenoxy) is 1. The Morgan fingerprint density at radius 2 is 2.04 bits per heavy atom. The number of nitrogens with zero attached hydrogens (tertiary/aromatic N) is 2. The lowest BCUT2D eigenvalue weighted by atomic mass is 9.83. The minimum Gasteiger partial charge on any atom is -0.444 e. The Morgan fingerprint density at radius 1 is 1.35 bits per heavy atom. The summed E-state index contributed by atoms with van der Waals surface area (Å²) in [5.74, 6) is 0.503. The van der Waals surface area contributed by atoms with Crippen molar-refractivity contribution in [3.05, 3.63) is 30.2 Å². The normalized spacial score (nSPS) is 23.4. The van der Waals surface area contributed by atoms with Gasteiger partial charge in [-0.25, -0.2) is 4.79 Å². The Hall–Kier alpha value is -0.570. The van der Waals surface area contributed by atoms with Gasteiger partial charge >= 0.3 is 6.09 Å². The van der Waals surface area contributed by atoms with E-state index in [0.29, 0.717) is 30.0 Å². The third kappa shape index (κ3) is 3.45. The summed E-state index contributed by atoms with van der Waals surface area (Å²) in [6, 6.07) is 2.06. The van der Waals surface area contributed by atoms with Gasteiger partial charge in [0.2, 0.25) is 0 Å². The molecule has 1 fully saturated rings. The highest BCUT2D eigenvalue weighted by Gasteiger charge is 2.38. The van der Waals surface area contributed by atoms with Crippen LogP contribution >= 0.6 is 38.5 Å². The van der Waals surface area contributed by atoms with E-state index in [1.807, 2.05) is 25.3 Å². The number of carbonyl (C=O) groups is 1. The topological polar surface area (TPSA) is 51.5 Å². The van der Waals surface area contributed by atoms with Gasteiger partial charge in [0.25, 0.3) is 5.56 Å². The van der Waals surface area contributed by atoms with Gasteiger partial charge in [-0.3, -0.25) is 4.79 Å². The van der Waals surface area contributed by atoms with Crippen molar-refractivity contribution in [3.63, 3.8) is 0 Å². The number of pyridine rings is 1. The molecule has 0 N–H and O–H groups in total. The van der Waals surface area contributed by atoms with Crippen LogP contribution < -0.4 is 5.56 Å². The van der Waals surface area contributed by atoms with E-state index in [2.05, 4.69) is 44.6 Å². The highest BCUT2D eigenvalue weighted by Crippen LogP contribution is 2.36. The number of aromatic nitrogens is 1. The third-order valence-corrected chi connectivity index (χ3v) is 6.64. The number of fused-ring (bicyclic) bond motifs is 4. The van der Waals surface area contributed by atoms with Crippen LogP contribution in [0.15, 0.2) is 15.3 Å². The van der Waals surface area contributed by atoms with Crippen LogP contribution in [-0.2, 0) is 11.3 Å². The van der Waals surface area contributed by atoms with Crippen LogP contribution in [0.25, 0.3) is 0 Å². The molecule has 3 rings (SSSR count). The maximum absolute atomic E-state index is 12.5. The minimum absolute atomic E-state index is 0.0346. The molecular weight excluding hydrogens is 475 g/mol. The first-order valence-corrected chi connectivity index (χ1v) is 9.59. The molecule has 0 spiro atoms. The molecule has 1 aromatic rings. The lowest BCUT2D eigenvalue weighted by Gasteiger charge is -2.43. The molecule has 1 saturated heterocycles. The number of amides is 1. The van der Waals surface area contributed by atoms with Gasteiger partial charge in [-0.2, -0.15) is 0 Å². The monoisotopic (exact) mass is 494 g/mol. The number of halogens is 2. The van der Waals surface area contributed by atoms with Crippen LogP contribution in [-0.4, -0.2) is 34.3 Å². The Kier molecular flexibility index (Phi) is 4.54. The van der Waals surface area contributed by atoms with E-state index >= 15 is 0 Å². The highest BCUT2D eigenvalue weighted by molar-refractivity contribution is 14.1. The molecule has 2 aliphatic rings. The summed E-state index contributed by atoms with van der Waals surface area (Å²) < 4.78 is 8.93. The quantitative estimate of drug-likeness (QED) is 0.518. The van der Waals surface area contributed by atoms with E-state index in [-0.39, 0.29) is 17.6 Å². The number of piperidine rings is 1. The van der Waals surface area contributed by atoms with Crippen LogP contribution in [0.2, 0.25) is 0 Å². The molecule has 7 heteroatoms. The van der Waals surface area contributed by atoms with Gasteiger partial charge in [0.1, 0.15) is 5.60 Å². The molecule has 2 unspecified atom stereocenters. The summed E-state index contributed by atoms with van der Waals surface area (Å²) in [6.45, 7) is 7.57. The van der Waals surface area contributed by atoms with Crippen molar-refractivity contribution < 1.29 is 9.53 Å². The summed E-state index contributed by atoms with van der Waals surface area (Å²) in [5.41, 5.74) is 0.582. The van der Waals surface area contributed by atoms with E-state index in [1.165, 1.54) is 0 Å². The van der Waals surface area contributed by atoms with Crippen molar-refractivity contribution in [1.29, 1.82) is 0 Å². The van der Waals surface area contributed by atoms with Crippen LogP contribution in [0.3, 0.4) is 0 Å². The van der Waals surface area contributed by atoms with Crippen molar-refractivity contribution >= 4 is 44.6 Å². The molecule has 3 heterocycles. The third-order valence-electron chi connectivity index (χ3n) is 4.28. The molecule has 0 saturated carbocycles. The molecular formula is C16H20BrIN2O3. The van der Waals surface area contributed by atoms with Crippen LogP contribution in [0.5, 0.6) is 0 Å². The molecule has 126 valence electrons. The number of hydrogen-bond acceptors (Lipinski definition) is 3. The van der Waals surface area contributed by atoms with E-state index in [4.69, 9.17) is 4.74 Å². The summed E-state index contributed by atoms with van der Waals surface area (Å²) in [6.07, 6.45) is 0.769. The summed E-state index contributed by atoms with van der Waals surface area (Å²) >= 11 is 5.56. The van der Waals surface area contributed by atoms with Gasteiger partial charge in [-0.15, -0.1) is 0 Å². The van der Waals surface area contributed by atoms with Crippen LogP contribution in [0, 0.1) is 9.49 Å². The second-order valence-corrected chi connectivity index (χ2v) is 9.29. The molecule has 2 bridgehead atoms. The second kappa shape index (κ2) is 6.06. The second-order valence-electron chi connectivity index (χ2n) is 7.33. The number of rotatable bonds is 0. The average molecular weight is 495 g/mol. The maximum atomic E-state index is 12.5. The Morgan fingerprint density at radius 3 is 2.70 bits per heavy atom. The fraction of sp³-hybridized carbons (Fsp3) is 0.625. The first-order valence-electron chi connectivity index (χ1n) is 7.72. The zero-order valence-corrected chi connectivity index (χ0v) is 17.2. The van der Waals surface area contributed by atoms with Crippen molar-refractivity contribution in [2.75, 3.05) is 13.1 Å². The summed E-state index contributed by atoms with van der Waals surface area (Å²) in [4.78, 5) is 26.6. The lowest BCUT2D eigenvalue weighted by Crippen LogP contribution is -2.50. The molecule has 2 atom stereocenters. The average Bonchev–Trinajstić information content (AvgIpc) is 2.44. The maximum Gasteiger partial charge on any atom is 0.410 e. The van der Waals surface area contributed by atoms with Gasteiger partial charge < -0.3 is 14.2 Å².